The number of alkyl carbamates (subject to hydrolysis) is 1. The molecule has 0 radical (unpaired) electrons. The van der Waals surface area contributed by atoms with Crippen molar-refractivity contribution in [1.82, 2.24) is 20.2 Å². The molecule has 0 saturated heterocycles. The lowest BCUT2D eigenvalue weighted by Crippen LogP contribution is -2.59. The van der Waals surface area contributed by atoms with E-state index in [0.717, 1.165) is 16.7 Å². The maximum absolute atomic E-state index is 13.5. The highest BCUT2D eigenvalue weighted by atomic mass is 16.6. The Kier molecular flexibility index (Phi) is 11.3. The number of ether oxygens (including phenoxy) is 2. The summed E-state index contributed by atoms with van der Waals surface area (Å²) in [6.45, 7) is 8.03. The maximum atomic E-state index is 13.5. The van der Waals surface area contributed by atoms with Crippen molar-refractivity contribution in [3.05, 3.63) is 109 Å². The molecule has 0 spiro atoms. The van der Waals surface area contributed by atoms with Crippen LogP contribution in [0.25, 0.3) is 11.1 Å². The number of amides is 3. The van der Waals surface area contributed by atoms with Crippen molar-refractivity contribution in [1.29, 1.82) is 0 Å². The number of nitrogens with one attached hydrogen (secondary N) is 3. The van der Waals surface area contributed by atoms with E-state index < -0.39 is 47.1 Å². The van der Waals surface area contributed by atoms with E-state index in [4.69, 9.17) is 9.47 Å². The minimum atomic E-state index is -1.45. The van der Waals surface area contributed by atoms with Gasteiger partial charge in [0.25, 0.3) is 5.91 Å². The second kappa shape index (κ2) is 15.4. The molecule has 0 bridgehead atoms. The lowest BCUT2D eigenvalue weighted by molar-refractivity contribution is -0.139. The quantitative estimate of drug-likeness (QED) is 0.154. The normalized spacial score (nSPS) is 12.8. The molecule has 12 nitrogen and oxygen atoms in total. The predicted octanol–water partition coefficient (Wildman–Crippen LogP) is 5.17. The lowest BCUT2D eigenvalue weighted by atomic mass is 10.0. The number of carboxylic acid groups (broad SMARTS) is 1. The molecule has 4 rings (SSSR count). The molecule has 2 atom stereocenters. The Morgan fingerprint density at radius 3 is 2.06 bits per heavy atom. The molecule has 1 aromatic heterocycles. The van der Waals surface area contributed by atoms with Gasteiger partial charge in [-0.25, -0.2) is 14.6 Å². The van der Waals surface area contributed by atoms with Crippen LogP contribution in [-0.4, -0.2) is 62.3 Å². The molecule has 12 heteroatoms. The standard InChI is InChI=1S/C36H41N5O7/c1-35(2,3)48-34(46)40-36(4,5)33(45)38-28(22-47-21-24-12-8-6-9-13-24)31(42)39-29-20-41(23-37-29)30(32(43)44)27-18-16-26(17-19-27)25-14-10-7-11-15-25/h6-20,23,28,30H,21-22H2,1-5H3,(H,38,45)(H,39,42)(H,40,46)(H,43,44)/t28-,30?/m1/s1. The average Bonchev–Trinajstić information content (AvgIpc) is 3.47. The second-order valence-electron chi connectivity index (χ2n) is 12.7. The van der Waals surface area contributed by atoms with Crippen molar-refractivity contribution in [3.8, 4) is 11.1 Å². The Morgan fingerprint density at radius 1 is 0.854 bits per heavy atom. The Morgan fingerprint density at radius 2 is 1.46 bits per heavy atom. The van der Waals surface area contributed by atoms with Crippen molar-refractivity contribution in [2.24, 2.45) is 0 Å². The number of carbonyl (C=O) groups excluding carboxylic acids is 3. The zero-order chi connectivity index (χ0) is 34.9. The van der Waals surface area contributed by atoms with Crippen molar-refractivity contribution in [2.75, 3.05) is 11.9 Å². The van der Waals surface area contributed by atoms with E-state index in [-0.39, 0.29) is 19.0 Å². The minimum absolute atomic E-state index is 0.0700. The molecule has 252 valence electrons. The van der Waals surface area contributed by atoms with Crippen LogP contribution in [0.3, 0.4) is 0 Å². The van der Waals surface area contributed by atoms with Crippen LogP contribution in [0, 0.1) is 0 Å². The van der Waals surface area contributed by atoms with Gasteiger partial charge >= 0.3 is 12.1 Å². The third kappa shape index (κ3) is 10.0. The van der Waals surface area contributed by atoms with E-state index >= 15 is 0 Å². The summed E-state index contributed by atoms with van der Waals surface area (Å²) in [4.78, 5) is 55.8. The number of anilines is 1. The molecular weight excluding hydrogens is 614 g/mol. The fourth-order valence-corrected chi connectivity index (χ4v) is 4.69. The lowest BCUT2D eigenvalue weighted by Gasteiger charge is -2.29. The molecule has 3 aromatic carbocycles. The molecule has 1 unspecified atom stereocenters. The monoisotopic (exact) mass is 655 g/mol. The molecular formula is C36H41N5O7. The summed E-state index contributed by atoms with van der Waals surface area (Å²) >= 11 is 0. The van der Waals surface area contributed by atoms with Crippen LogP contribution >= 0.6 is 0 Å². The maximum Gasteiger partial charge on any atom is 0.408 e. The number of aliphatic carboxylic acids is 1. The van der Waals surface area contributed by atoms with Gasteiger partial charge in [-0.1, -0.05) is 84.9 Å². The number of carboxylic acids is 1. The first-order valence-electron chi connectivity index (χ1n) is 15.4. The first-order valence-corrected chi connectivity index (χ1v) is 15.4. The van der Waals surface area contributed by atoms with Crippen LogP contribution in [0.4, 0.5) is 10.6 Å². The van der Waals surface area contributed by atoms with Crippen molar-refractivity contribution in [3.63, 3.8) is 0 Å². The molecule has 0 fully saturated rings. The number of aromatic nitrogens is 2. The molecule has 4 aromatic rings. The van der Waals surface area contributed by atoms with E-state index in [2.05, 4.69) is 20.9 Å². The van der Waals surface area contributed by atoms with Gasteiger partial charge in [0, 0.05) is 6.20 Å². The average molecular weight is 656 g/mol. The zero-order valence-corrected chi connectivity index (χ0v) is 27.6. The number of carbonyl (C=O) groups is 4. The zero-order valence-electron chi connectivity index (χ0n) is 27.6. The Labute approximate surface area is 279 Å². The first kappa shape index (κ1) is 35.4. The van der Waals surface area contributed by atoms with E-state index in [0.29, 0.717) is 5.56 Å². The van der Waals surface area contributed by atoms with Gasteiger partial charge in [-0.15, -0.1) is 0 Å². The molecule has 3 amide bonds. The summed E-state index contributed by atoms with van der Waals surface area (Å²) in [6.07, 6.45) is 1.92. The fourth-order valence-electron chi connectivity index (χ4n) is 4.69. The number of hydrogen-bond donors (Lipinski definition) is 4. The second-order valence-corrected chi connectivity index (χ2v) is 12.7. The highest BCUT2D eigenvalue weighted by Crippen LogP contribution is 2.25. The molecule has 1 heterocycles. The number of rotatable bonds is 13. The molecule has 48 heavy (non-hydrogen) atoms. The predicted molar refractivity (Wildman–Crippen MR) is 180 cm³/mol. The van der Waals surface area contributed by atoms with Gasteiger partial charge < -0.3 is 35.1 Å². The third-order valence-electron chi connectivity index (χ3n) is 7.12. The van der Waals surface area contributed by atoms with Gasteiger partial charge in [-0.3, -0.25) is 9.59 Å². The topological polar surface area (TPSA) is 161 Å². The van der Waals surface area contributed by atoms with Crippen LogP contribution in [0.15, 0.2) is 97.5 Å². The number of benzene rings is 3. The molecule has 0 aliphatic carbocycles. The fraction of sp³-hybridized carbons (Fsp3) is 0.306. The largest absolute Gasteiger partial charge is 0.479 e. The van der Waals surface area contributed by atoms with Crippen molar-refractivity contribution in [2.45, 2.75) is 64.4 Å². The highest BCUT2D eigenvalue weighted by Gasteiger charge is 2.35. The number of imidazole rings is 1. The van der Waals surface area contributed by atoms with Gasteiger partial charge in [-0.2, -0.15) is 0 Å². The van der Waals surface area contributed by atoms with Crippen LogP contribution in [0.5, 0.6) is 0 Å². The van der Waals surface area contributed by atoms with Crippen LogP contribution in [-0.2, 0) is 30.5 Å². The van der Waals surface area contributed by atoms with Gasteiger partial charge in [0.15, 0.2) is 11.9 Å². The van der Waals surface area contributed by atoms with Gasteiger partial charge in [0.05, 0.1) is 19.5 Å². The van der Waals surface area contributed by atoms with E-state index in [1.807, 2.05) is 72.8 Å². The van der Waals surface area contributed by atoms with Crippen LogP contribution in [0.2, 0.25) is 0 Å². The molecule has 0 aliphatic rings. The third-order valence-corrected chi connectivity index (χ3v) is 7.12. The van der Waals surface area contributed by atoms with Crippen molar-refractivity contribution >= 4 is 29.7 Å². The SMILES string of the molecule is CC(C)(C)OC(=O)NC(C)(C)C(=O)N[C@H](COCc1ccccc1)C(=O)Nc1cn(C(C(=O)O)c2ccc(-c3ccccc3)cc2)cn1. The van der Waals surface area contributed by atoms with Crippen LogP contribution < -0.4 is 16.0 Å². The Balaban J connectivity index is 1.48. The minimum Gasteiger partial charge on any atom is -0.479 e. The van der Waals surface area contributed by atoms with E-state index in [1.54, 1.807) is 32.9 Å². The molecule has 0 saturated carbocycles. The van der Waals surface area contributed by atoms with Gasteiger partial charge in [-0.05, 0) is 56.9 Å². The van der Waals surface area contributed by atoms with Gasteiger partial charge in [0.1, 0.15) is 17.2 Å². The molecule has 0 aliphatic heterocycles. The summed E-state index contributed by atoms with van der Waals surface area (Å²) in [7, 11) is 0. The summed E-state index contributed by atoms with van der Waals surface area (Å²) < 4.78 is 12.4. The van der Waals surface area contributed by atoms with E-state index in [1.165, 1.54) is 30.9 Å². The smallest absolute Gasteiger partial charge is 0.408 e. The van der Waals surface area contributed by atoms with Gasteiger partial charge in [0.2, 0.25) is 5.91 Å². The Bertz CT molecular complexity index is 1700. The summed E-state index contributed by atoms with van der Waals surface area (Å²) in [6, 6.07) is 23.9. The van der Waals surface area contributed by atoms with Crippen molar-refractivity contribution < 1.29 is 33.8 Å². The summed E-state index contributed by atoms with van der Waals surface area (Å²) in [5, 5.41) is 17.9. The summed E-state index contributed by atoms with van der Waals surface area (Å²) in [5.41, 5.74) is 1.09. The number of nitrogens with zero attached hydrogens (tertiary/aromatic N) is 2. The molecule has 4 N–H and O–H groups in total. The first-order chi connectivity index (χ1) is 22.7. The van der Waals surface area contributed by atoms with Crippen LogP contribution in [0.1, 0.15) is 51.8 Å². The Hall–Kier alpha value is -5.49. The highest BCUT2D eigenvalue weighted by molar-refractivity contribution is 5.98. The summed E-state index contributed by atoms with van der Waals surface area (Å²) in [5.74, 6) is -2.36. The van der Waals surface area contributed by atoms with E-state index in [9.17, 15) is 24.3 Å². The number of hydrogen-bond acceptors (Lipinski definition) is 7.